The quantitative estimate of drug-likeness (QED) is 0.269. The zero-order chi connectivity index (χ0) is 8.15. The van der Waals surface area contributed by atoms with Crippen LogP contribution in [0.1, 0.15) is 13.8 Å². The molecule has 2 unspecified atom stereocenters. The van der Waals surface area contributed by atoms with Crippen molar-refractivity contribution >= 4 is 17.0 Å². The van der Waals surface area contributed by atoms with E-state index in [9.17, 15) is 13.6 Å². The molecule has 0 aliphatic carbocycles. The van der Waals surface area contributed by atoms with Crippen LogP contribution in [0.25, 0.3) is 0 Å². The Kier molecular flexibility index (Phi) is 8.79. The van der Waals surface area contributed by atoms with E-state index < -0.39 is 17.4 Å². The van der Waals surface area contributed by atoms with Crippen LogP contribution in [-0.2, 0) is 20.9 Å². The summed E-state index contributed by atoms with van der Waals surface area (Å²) in [6, 6.07) is 0. The van der Waals surface area contributed by atoms with Crippen LogP contribution in [-0.4, -0.2) is 20.6 Å². The fourth-order valence-electron chi connectivity index (χ4n) is 0.194. The molecular weight excluding hydrogens is 165 g/mol. The standard InChI is InChI=1S/C4H9NO4S.Li/c1-3(6)4(2)9-5-10(7)8;/h4-5H,1-2H3,(H,7,8);/q;+1/p-1. The number of carbonyl (C=O) groups excluding carboxylic acids is 1. The molecular formula is C4H8LiNO4S. The van der Waals surface area contributed by atoms with Crippen LogP contribution >= 0.6 is 0 Å². The molecule has 0 bridgehead atoms. The number of rotatable bonds is 4. The fraction of sp³-hybridized carbons (Fsp3) is 0.750. The second-order valence-electron chi connectivity index (χ2n) is 1.69. The van der Waals surface area contributed by atoms with E-state index in [1.807, 2.05) is 0 Å². The maximum absolute atomic E-state index is 10.4. The van der Waals surface area contributed by atoms with E-state index in [0.29, 0.717) is 0 Å². The monoisotopic (exact) mass is 173 g/mol. The van der Waals surface area contributed by atoms with Gasteiger partial charge in [-0.3, -0.25) is 13.8 Å². The van der Waals surface area contributed by atoms with Gasteiger partial charge in [-0.25, -0.2) is 0 Å². The van der Waals surface area contributed by atoms with Gasteiger partial charge in [0.15, 0.2) is 5.78 Å². The molecule has 2 atom stereocenters. The maximum Gasteiger partial charge on any atom is 1.00 e. The summed E-state index contributed by atoms with van der Waals surface area (Å²) in [5, 5.41) is 0. The van der Waals surface area contributed by atoms with E-state index in [2.05, 4.69) is 4.84 Å². The van der Waals surface area contributed by atoms with Gasteiger partial charge in [0.1, 0.15) is 6.10 Å². The van der Waals surface area contributed by atoms with Gasteiger partial charge in [0.2, 0.25) is 0 Å². The normalized spacial score (nSPS) is 14.8. The molecule has 0 saturated carbocycles. The van der Waals surface area contributed by atoms with Gasteiger partial charge in [-0.1, -0.05) is 0 Å². The first-order valence-electron chi connectivity index (χ1n) is 2.55. The van der Waals surface area contributed by atoms with Crippen LogP contribution < -0.4 is 23.7 Å². The van der Waals surface area contributed by atoms with Crippen molar-refractivity contribution in [2.75, 3.05) is 0 Å². The zero-order valence-electron chi connectivity index (χ0n) is 6.62. The molecule has 0 saturated heterocycles. The molecule has 5 nitrogen and oxygen atoms in total. The number of nitrogens with one attached hydrogen (secondary N) is 1. The summed E-state index contributed by atoms with van der Waals surface area (Å²) in [5.41, 5.74) is 0. The predicted octanol–water partition coefficient (Wildman–Crippen LogP) is -3.72. The Morgan fingerprint density at radius 1 is 1.73 bits per heavy atom. The Balaban J connectivity index is 0. The summed E-state index contributed by atoms with van der Waals surface area (Å²) in [6.07, 6.45) is -0.738. The smallest absolute Gasteiger partial charge is 0.758 e. The SMILES string of the molecule is CC(=O)C(C)ONS(=O)[O-].[Li+]. The zero-order valence-corrected chi connectivity index (χ0v) is 7.44. The minimum atomic E-state index is -2.48. The first-order chi connectivity index (χ1) is 4.54. The summed E-state index contributed by atoms with van der Waals surface area (Å²) in [5.74, 6) is -0.238. The number of Topliss-reactive ketones (excluding diaryl/α,β-unsaturated/α-hetero) is 1. The Morgan fingerprint density at radius 2 is 2.18 bits per heavy atom. The second-order valence-corrected chi connectivity index (χ2v) is 2.32. The van der Waals surface area contributed by atoms with E-state index in [1.54, 1.807) is 4.89 Å². The summed E-state index contributed by atoms with van der Waals surface area (Å²) in [6.45, 7) is 2.75. The van der Waals surface area contributed by atoms with Crippen LogP contribution in [0.3, 0.4) is 0 Å². The molecule has 0 fully saturated rings. The number of hydrogen-bond acceptors (Lipinski definition) is 4. The van der Waals surface area contributed by atoms with Gasteiger partial charge in [-0.15, -0.1) is 4.89 Å². The third kappa shape index (κ3) is 8.20. The van der Waals surface area contributed by atoms with Crippen LogP contribution in [0.2, 0.25) is 0 Å². The van der Waals surface area contributed by atoms with Gasteiger partial charge < -0.3 is 4.55 Å². The molecule has 0 aromatic heterocycles. The second kappa shape index (κ2) is 6.97. The van der Waals surface area contributed by atoms with Crippen molar-refractivity contribution in [2.24, 2.45) is 0 Å². The predicted molar refractivity (Wildman–Crippen MR) is 33.3 cm³/mol. The largest absolute Gasteiger partial charge is 1.00 e. The molecule has 0 aliphatic rings. The maximum atomic E-state index is 10.4. The topological polar surface area (TPSA) is 78.5 Å². The Hall–Kier alpha value is 0.297. The first kappa shape index (κ1) is 13.9. The number of ketones is 1. The summed E-state index contributed by atoms with van der Waals surface area (Å²) < 4.78 is 19.6. The average Bonchev–Trinajstić information content (AvgIpc) is 1.82. The van der Waals surface area contributed by atoms with Gasteiger partial charge >= 0.3 is 18.9 Å². The number of hydrogen-bond donors (Lipinski definition) is 1. The first-order valence-corrected chi connectivity index (χ1v) is 3.62. The van der Waals surface area contributed by atoms with Crippen molar-refractivity contribution in [1.82, 2.24) is 4.89 Å². The van der Waals surface area contributed by atoms with Gasteiger partial charge in [-0.2, -0.15) is 0 Å². The van der Waals surface area contributed by atoms with Crippen LogP contribution in [0.4, 0.5) is 0 Å². The molecule has 0 spiro atoms. The van der Waals surface area contributed by atoms with Gasteiger partial charge in [0.25, 0.3) is 0 Å². The van der Waals surface area contributed by atoms with Crippen molar-refractivity contribution in [3.63, 3.8) is 0 Å². The van der Waals surface area contributed by atoms with Crippen LogP contribution in [0, 0.1) is 0 Å². The summed E-state index contributed by atoms with van der Waals surface area (Å²) in [4.78, 5) is 16.4. The number of carbonyl (C=O) groups is 1. The molecule has 7 heteroatoms. The van der Waals surface area contributed by atoms with E-state index >= 15 is 0 Å². The molecule has 0 radical (unpaired) electrons. The van der Waals surface area contributed by atoms with Gasteiger partial charge in [0.05, 0.1) is 0 Å². The van der Waals surface area contributed by atoms with Crippen molar-refractivity contribution < 1.29 is 37.3 Å². The van der Waals surface area contributed by atoms with Gasteiger partial charge in [0, 0.05) is 11.3 Å². The molecule has 1 N–H and O–H groups in total. The van der Waals surface area contributed by atoms with Crippen molar-refractivity contribution in [3.05, 3.63) is 0 Å². The van der Waals surface area contributed by atoms with Crippen LogP contribution in [0.15, 0.2) is 0 Å². The Morgan fingerprint density at radius 3 is 2.45 bits per heavy atom. The molecule has 0 aromatic carbocycles. The average molecular weight is 173 g/mol. The third-order valence-electron chi connectivity index (χ3n) is 0.865. The molecule has 0 rings (SSSR count). The van der Waals surface area contributed by atoms with Crippen molar-refractivity contribution in [3.8, 4) is 0 Å². The van der Waals surface area contributed by atoms with Gasteiger partial charge in [-0.05, 0) is 13.8 Å². The molecule has 11 heavy (non-hydrogen) atoms. The fourth-order valence-corrected chi connectivity index (χ4v) is 0.417. The van der Waals surface area contributed by atoms with Crippen molar-refractivity contribution in [2.45, 2.75) is 20.0 Å². The van der Waals surface area contributed by atoms with E-state index in [-0.39, 0.29) is 24.6 Å². The molecule has 0 aliphatic heterocycles. The Bertz CT molecular complexity index is 153. The Labute approximate surface area is 79.4 Å². The molecule has 0 amide bonds. The van der Waals surface area contributed by atoms with Crippen molar-refractivity contribution in [1.29, 1.82) is 0 Å². The van der Waals surface area contributed by atoms with E-state index in [1.165, 1.54) is 13.8 Å². The summed E-state index contributed by atoms with van der Waals surface area (Å²) in [7, 11) is 0. The minimum absolute atomic E-state index is 0. The van der Waals surface area contributed by atoms with E-state index in [4.69, 9.17) is 0 Å². The molecule has 60 valence electrons. The molecule has 0 heterocycles. The molecule has 0 aromatic rings. The minimum Gasteiger partial charge on any atom is -0.758 e. The third-order valence-corrected chi connectivity index (χ3v) is 1.10. The van der Waals surface area contributed by atoms with E-state index in [0.717, 1.165) is 0 Å². The summed E-state index contributed by atoms with van der Waals surface area (Å²) >= 11 is -2.48. The van der Waals surface area contributed by atoms with Crippen LogP contribution in [0.5, 0.6) is 0 Å².